The van der Waals surface area contributed by atoms with Crippen LogP contribution in [0.2, 0.25) is 0 Å². The molecular weight excluding hydrogens is 316 g/mol. The van der Waals surface area contributed by atoms with Crippen LogP contribution in [-0.4, -0.2) is 39.6 Å². The molecule has 21 heavy (non-hydrogen) atoms. The van der Waals surface area contributed by atoms with Gasteiger partial charge in [-0.05, 0) is 19.2 Å². The van der Waals surface area contributed by atoms with Crippen LogP contribution in [0, 0.1) is 0 Å². The first-order valence-corrected chi connectivity index (χ1v) is 10.3. The number of thiazole rings is 1. The fourth-order valence-corrected chi connectivity index (χ4v) is 6.83. The van der Waals surface area contributed by atoms with Crippen molar-refractivity contribution in [3.63, 3.8) is 0 Å². The number of hydrogen-bond donors (Lipinski definition) is 1. The first kappa shape index (κ1) is 15.7. The van der Waals surface area contributed by atoms with Gasteiger partial charge in [-0.1, -0.05) is 26.0 Å². The third kappa shape index (κ3) is 3.58. The van der Waals surface area contributed by atoms with Crippen LogP contribution in [0.25, 0.3) is 10.2 Å². The average Bonchev–Trinajstić information content (AvgIpc) is 2.90. The summed E-state index contributed by atoms with van der Waals surface area (Å²) < 4.78 is 1.30. The van der Waals surface area contributed by atoms with E-state index in [1.54, 1.807) is 0 Å². The summed E-state index contributed by atoms with van der Waals surface area (Å²) >= 11 is 6.10. The molecule has 4 unspecified atom stereocenters. The van der Waals surface area contributed by atoms with Crippen molar-refractivity contribution in [3.05, 3.63) is 29.3 Å². The SMILES string of the molecule is CNC(Cc1nc2ccccc2s1)C1CSC(C)C(C)S1. The number of para-hydroxylation sites is 1. The third-order valence-corrected chi connectivity index (χ3v) is 8.74. The highest BCUT2D eigenvalue weighted by molar-refractivity contribution is 8.07. The summed E-state index contributed by atoms with van der Waals surface area (Å²) in [7, 11) is 2.09. The van der Waals surface area contributed by atoms with Crippen LogP contribution < -0.4 is 5.32 Å². The predicted molar refractivity (Wildman–Crippen MR) is 98.9 cm³/mol. The van der Waals surface area contributed by atoms with Gasteiger partial charge in [0.25, 0.3) is 0 Å². The Kier molecular flexibility index (Phi) is 5.15. The van der Waals surface area contributed by atoms with Gasteiger partial charge in [0.05, 0.1) is 15.2 Å². The molecule has 1 fully saturated rings. The Labute approximate surface area is 139 Å². The summed E-state index contributed by atoms with van der Waals surface area (Å²) in [5.74, 6) is 1.24. The van der Waals surface area contributed by atoms with E-state index in [0.717, 1.165) is 22.4 Å². The molecule has 114 valence electrons. The fraction of sp³-hybridized carbons (Fsp3) is 0.562. The predicted octanol–water partition coefficient (Wildman–Crippen LogP) is 4.05. The molecule has 4 atom stereocenters. The van der Waals surface area contributed by atoms with Gasteiger partial charge >= 0.3 is 0 Å². The minimum absolute atomic E-state index is 0.512. The Morgan fingerprint density at radius 2 is 2.10 bits per heavy atom. The molecule has 1 aromatic heterocycles. The monoisotopic (exact) mass is 338 g/mol. The Morgan fingerprint density at radius 1 is 1.29 bits per heavy atom. The molecule has 0 aliphatic carbocycles. The van der Waals surface area contributed by atoms with E-state index in [0.29, 0.717) is 11.3 Å². The lowest BCUT2D eigenvalue weighted by atomic mass is 10.1. The molecule has 1 aliphatic rings. The molecule has 3 rings (SSSR count). The Bertz CT molecular complexity index is 565. The molecule has 0 radical (unpaired) electrons. The fourth-order valence-electron chi connectivity index (χ4n) is 2.63. The second kappa shape index (κ2) is 6.90. The van der Waals surface area contributed by atoms with Gasteiger partial charge in [-0.3, -0.25) is 0 Å². The number of rotatable bonds is 4. The van der Waals surface area contributed by atoms with Gasteiger partial charge in [-0.25, -0.2) is 4.98 Å². The zero-order valence-electron chi connectivity index (χ0n) is 12.7. The van der Waals surface area contributed by atoms with E-state index < -0.39 is 0 Å². The molecule has 0 spiro atoms. The lowest BCUT2D eigenvalue weighted by Gasteiger charge is -2.35. The average molecular weight is 339 g/mol. The van der Waals surface area contributed by atoms with Crippen molar-refractivity contribution in [1.29, 1.82) is 0 Å². The van der Waals surface area contributed by atoms with Gasteiger partial charge in [-0.2, -0.15) is 23.5 Å². The lowest BCUT2D eigenvalue weighted by Crippen LogP contribution is -2.43. The summed E-state index contributed by atoms with van der Waals surface area (Å²) in [5.41, 5.74) is 1.14. The molecule has 0 amide bonds. The highest BCUT2D eigenvalue weighted by Crippen LogP contribution is 2.38. The van der Waals surface area contributed by atoms with Crippen LogP contribution in [0.4, 0.5) is 0 Å². The second-order valence-electron chi connectivity index (χ2n) is 5.59. The van der Waals surface area contributed by atoms with Crippen LogP contribution in [0.1, 0.15) is 18.9 Å². The lowest BCUT2D eigenvalue weighted by molar-refractivity contribution is 0.553. The topological polar surface area (TPSA) is 24.9 Å². The van der Waals surface area contributed by atoms with Crippen LogP contribution in [0.5, 0.6) is 0 Å². The normalized spacial score (nSPS) is 27.9. The highest BCUT2D eigenvalue weighted by Gasteiger charge is 2.31. The molecule has 5 heteroatoms. The summed E-state index contributed by atoms with van der Waals surface area (Å²) in [6.07, 6.45) is 1.04. The maximum atomic E-state index is 4.79. The second-order valence-corrected chi connectivity index (χ2v) is 9.74. The van der Waals surface area contributed by atoms with Gasteiger partial charge in [0.1, 0.15) is 0 Å². The van der Waals surface area contributed by atoms with E-state index in [1.807, 2.05) is 11.3 Å². The number of hydrogen-bond acceptors (Lipinski definition) is 5. The molecule has 1 aromatic carbocycles. The van der Waals surface area contributed by atoms with E-state index in [1.165, 1.54) is 15.5 Å². The van der Waals surface area contributed by atoms with E-state index in [-0.39, 0.29) is 0 Å². The van der Waals surface area contributed by atoms with E-state index in [2.05, 4.69) is 74.0 Å². The number of thioether (sulfide) groups is 2. The summed E-state index contributed by atoms with van der Waals surface area (Å²) in [4.78, 5) is 4.79. The quantitative estimate of drug-likeness (QED) is 0.909. The Balaban J connectivity index is 1.72. The molecule has 2 nitrogen and oxygen atoms in total. The first-order valence-electron chi connectivity index (χ1n) is 7.46. The van der Waals surface area contributed by atoms with Crippen LogP contribution in [0.15, 0.2) is 24.3 Å². The van der Waals surface area contributed by atoms with Crippen LogP contribution in [-0.2, 0) is 6.42 Å². The van der Waals surface area contributed by atoms with Crippen molar-refractivity contribution in [2.75, 3.05) is 12.8 Å². The number of likely N-dealkylation sites (N-methyl/N-ethyl adjacent to an activating group) is 1. The van der Waals surface area contributed by atoms with E-state index >= 15 is 0 Å². The van der Waals surface area contributed by atoms with Crippen LogP contribution in [0.3, 0.4) is 0 Å². The molecule has 1 aliphatic heterocycles. The summed E-state index contributed by atoms with van der Waals surface area (Å²) in [6, 6.07) is 8.95. The Morgan fingerprint density at radius 3 is 2.81 bits per heavy atom. The molecule has 1 N–H and O–H groups in total. The maximum absolute atomic E-state index is 4.79. The van der Waals surface area contributed by atoms with Crippen molar-refractivity contribution < 1.29 is 0 Å². The highest BCUT2D eigenvalue weighted by atomic mass is 32.2. The number of aromatic nitrogens is 1. The summed E-state index contributed by atoms with van der Waals surface area (Å²) in [5, 5.41) is 6.97. The summed E-state index contributed by atoms with van der Waals surface area (Å²) in [6.45, 7) is 4.71. The number of nitrogens with zero attached hydrogens (tertiary/aromatic N) is 1. The minimum atomic E-state index is 0.512. The number of nitrogens with one attached hydrogen (secondary N) is 1. The van der Waals surface area contributed by atoms with Gasteiger partial charge < -0.3 is 5.32 Å². The molecule has 2 aromatic rings. The number of fused-ring (bicyclic) bond motifs is 1. The number of benzene rings is 1. The van der Waals surface area contributed by atoms with Gasteiger partial charge in [0, 0.05) is 34.0 Å². The van der Waals surface area contributed by atoms with Gasteiger partial charge in [0.15, 0.2) is 0 Å². The minimum Gasteiger partial charge on any atom is -0.315 e. The van der Waals surface area contributed by atoms with Crippen molar-refractivity contribution in [2.45, 2.75) is 42.1 Å². The maximum Gasteiger partial charge on any atom is 0.0954 e. The molecule has 0 saturated carbocycles. The Hall–Kier alpha value is -0.230. The van der Waals surface area contributed by atoms with Crippen molar-refractivity contribution in [3.8, 4) is 0 Å². The van der Waals surface area contributed by atoms with Gasteiger partial charge in [0.2, 0.25) is 0 Å². The van der Waals surface area contributed by atoms with E-state index in [4.69, 9.17) is 4.98 Å². The van der Waals surface area contributed by atoms with Crippen molar-refractivity contribution in [1.82, 2.24) is 10.3 Å². The van der Waals surface area contributed by atoms with Crippen LogP contribution >= 0.6 is 34.9 Å². The molecule has 0 bridgehead atoms. The standard InChI is InChI=1S/C16H22N2S3/c1-10-11(2)20-15(9-19-10)13(17-3)8-16-18-12-6-4-5-7-14(12)21-16/h4-7,10-11,13,15,17H,8-9H2,1-3H3. The molecular formula is C16H22N2S3. The van der Waals surface area contributed by atoms with Crippen molar-refractivity contribution >= 4 is 45.1 Å². The van der Waals surface area contributed by atoms with E-state index in [9.17, 15) is 0 Å². The molecule has 1 saturated heterocycles. The largest absolute Gasteiger partial charge is 0.315 e. The zero-order valence-corrected chi connectivity index (χ0v) is 15.2. The zero-order chi connectivity index (χ0) is 14.8. The first-order chi connectivity index (χ1) is 10.2. The molecule has 2 heterocycles. The van der Waals surface area contributed by atoms with Crippen molar-refractivity contribution in [2.24, 2.45) is 0 Å². The smallest absolute Gasteiger partial charge is 0.0954 e. The third-order valence-electron chi connectivity index (χ3n) is 4.13. The van der Waals surface area contributed by atoms with Gasteiger partial charge in [-0.15, -0.1) is 11.3 Å².